The van der Waals surface area contributed by atoms with Crippen molar-refractivity contribution in [2.45, 2.75) is 32.2 Å². The van der Waals surface area contributed by atoms with Crippen molar-refractivity contribution >= 4 is 5.69 Å². The third kappa shape index (κ3) is 5.55. The monoisotopic (exact) mass is 339 g/mol. The molecule has 1 aliphatic rings. The largest absolute Gasteiger partial charge is 0.396 e. The molecule has 4 heteroatoms. The van der Waals surface area contributed by atoms with E-state index in [1.807, 2.05) is 18.2 Å². The number of nitrogens with zero attached hydrogens (tertiary/aromatic N) is 2. The van der Waals surface area contributed by atoms with Crippen LogP contribution in [0, 0.1) is 5.92 Å². The molecule has 0 spiro atoms. The molecule has 0 bridgehead atoms. The van der Waals surface area contributed by atoms with Gasteiger partial charge in [0.1, 0.15) is 0 Å². The molecule has 0 amide bonds. The number of nitrogens with one attached hydrogen (secondary N) is 1. The number of anilines is 1. The third-order valence-corrected chi connectivity index (χ3v) is 4.90. The molecule has 2 heterocycles. The van der Waals surface area contributed by atoms with Gasteiger partial charge in [-0.15, -0.1) is 0 Å². The molecule has 2 aromatic rings. The number of aliphatic hydroxyl groups is 1. The van der Waals surface area contributed by atoms with E-state index in [2.05, 4.69) is 39.5 Å². The Morgan fingerprint density at radius 1 is 1.04 bits per heavy atom. The van der Waals surface area contributed by atoms with E-state index >= 15 is 0 Å². The van der Waals surface area contributed by atoms with E-state index in [1.165, 1.54) is 43.6 Å². The molecule has 0 saturated carbocycles. The summed E-state index contributed by atoms with van der Waals surface area (Å²) in [5.41, 5.74) is 3.66. The Kier molecular flexibility index (Phi) is 6.83. The number of piperidine rings is 1. The van der Waals surface area contributed by atoms with Crippen molar-refractivity contribution in [3.63, 3.8) is 0 Å². The minimum atomic E-state index is 0.178. The maximum absolute atomic E-state index is 9.59. The van der Waals surface area contributed by atoms with Crippen molar-refractivity contribution in [1.29, 1.82) is 0 Å². The van der Waals surface area contributed by atoms with Crippen LogP contribution in [0.25, 0.3) is 0 Å². The zero-order valence-electron chi connectivity index (χ0n) is 14.9. The van der Waals surface area contributed by atoms with Crippen LogP contribution in [-0.4, -0.2) is 36.3 Å². The minimum Gasteiger partial charge on any atom is -0.396 e. The highest BCUT2D eigenvalue weighted by Gasteiger charge is 2.11. The number of aliphatic hydroxyl groups excluding tert-OH is 1. The maximum atomic E-state index is 9.59. The van der Waals surface area contributed by atoms with Gasteiger partial charge in [0.25, 0.3) is 0 Å². The molecule has 25 heavy (non-hydrogen) atoms. The second-order valence-corrected chi connectivity index (χ2v) is 6.92. The Morgan fingerprint density at radius 2 is 1.84 bits per heavy atom. The summed E-state index contributed by atoms with van der Waals surface area (Å²) in [6.45, 7) is 4.17. The molecule has 2 N–H and O–H groups in total. The summed E-state index contributed by atoms with van der Waals surface area (Å²) in [5.74, 6) is 0.197. The fourth-order valence-corrected chi connectivity index (χ4v) is 3.41. The van der Waals surface area contributed by atoms with Crippen molar-refractivity contribution in [2.75, 3.05) is 31.1 Å². The van der Waals surface area contributed by atoms with Gasteiger partial charge in [-0.3, -0.25) is 4.98 Å². The second-order valence-electron chi connectivity index (χ2n) is 6.92. The van der Waals surface area contributed by atoms with Crippen molar-refractivity contribution in [2.24, 2.45) is 5.92 Å². The molecule has 0 aliphatic carbocycles. The second kappa shape index (κ2) is 9.54. The summed E-state index contributed by atoms with van der Waals surface area (Å²) < 4.78 is 0. The molecule has 1 fully saturated rings. The summed E-state index contributed by atoms with van der Waals surface area (Å²) in [5, 5.41) is 13.1. The first-order chi connectivity index (χ1) is 12.3. The van der Waals surface area contributed by atoms with E-state index in [-0.39, 0.29) is 12.5 Å². The first-order valence-corrected chi connectivity index (χ1v) is 9.40. The number of hydrogen-bond acceptors (Lipinski definition) is 4. The van der Waals surface area contributed by atoms with Crippen LogP contribution in [0.2, 0.25) is 0 Å². The molecule has 0 radical (unpaired) electrons. The van der Waals surface area contributed by atoms with E-state index in [0.29, 0.717) is 0 Å². The van der Waals surface area contributed by atoms with Crippen molar-refractivity contribution < 1.29 is 5.11 Å². The van der Waals surface area contributed by atoms with Gasteiger partial charge < -0.3 is 15.3 Å². The predicted molar refractivity (Wildman–Crippen MR) is 103 cm³/mol. The summed E-state index contributed by atoms with van der Waals surface area (Å²) >= 11 is 0. The summed E-state index contributed by atoms with van der Waals surface area (Å²) in [7, 11) is 0. The van der Waals surface area contributed by atoms with Crippen LogP contribution in [0.1, 0.15) is 30.5 Å². The Labute approximate surface area is 150 Å². The fourth-order valence-electron chi connectivity index (χ4n) is 3.41. The molecule has 1 aromatic carbocycles. The molecule has 134 valence electrons. The fraction of sp³-hybridized carbons (Fsp3) is 0.476. The zero-order chi connectivity index (χ0) is 17.3. The first kappa shape index (κ1) is 17.9. The average Bonchev–Trinajstić information content (AvgIpc) is 2.69. The van der Waals surface area contributed by atoms with E-state index in [9.17, 15) is 5.11 Å². The molecule has 1 unspecified atom stereocenters. The number of hydrogen-bond donors (Lipinski definition) is 2. The molecular formula is C21H29N3O. The highest BCUT2D eigenvalue weighted by Crippen LogP contribution is 2.20. The van der Waals surface area contributed by atoms with Gasteiger partial charge in [-0.25, -0.2) is 0 Å². The highest BCUT2D eigenvalue weighted by atomic mass is 16.3. The number of benzene rings is 1. The summed E-state index contributed by atoms with van der Waals surface area (Å²) in [6, 6.07) is 14.8. The highest BCUT2D eigenvalue weighted by molar-refractivity contribution is 5.47. The molecule has 3 rings (SSSR count). The van der Waals surface area contributed by atoms with Gasteiger partial charge in [0.2, 0.25) is 0 Å². The maximum Gasteiger partial charge on any atom is 0.0475 e. The van der Waals surface area contributed by atoms with E-state index in [0.717, 1.165) is 25.2 Å². The summed E-state index contributed by atoms with van der Waals surface area (Å²) in [4.78, 5) is 6.82. The molecular weight excluding hydrogens is 310 g/mol. The third-order valence-electron chi connectivity index (χ3n) is 4.90. The van der Waals surface area contributed by atoms with Crippen molar-refractivity contribution in [3.8, 4) is 0 Å². The molecule has 4 nitrogen and oxygen atoms in total. The number of aromatic nitrogens is 1. The van der Waals surface area contributed by atoms with Crippen LogP contribution in [0.15, 0.2) is 48.7 Å². The Bertz CT molecular complexity index is 609. The normalized spacial score (nSPS) is 16.0. The lowest BCUT2D eigenvalue weighted by molar-refractivity contribution is 0.220. The molecule has 1 aromatic heterocycles. The first-order valence-electron chi connectivity index (χ1n) is 9.40. The van der Waals surface area contributed by atoms with Crippen molar-refractivity contribution in [1.82, 2.24) is 10.3 Å². The summed E-state index contributed by atoms with van der Waals surface area (Å²) in [6.07, 6.45) is 6.59. The topological polar surface area (TPSA) is 48.4 Å². The lowest BCUT2D eigenvalue weighted by Crippen LogP contribution is -2.29. The van der Waals surface area contributed by atoms with E-state index in [1.54, 1.807) is 6.20 Å². The van der Waals surface area contributed by atoms with Gasteiger partial charge >= 0.3 is 0 Å². The van der Waals surface area contributed by atoms with E-state index < -0.39 is 0 Å². The Morgan fingerprint density at radius 3 is 2.52 bits per heavy atom. The van der Waals surface area contributed by atoms with Gasteiger partial charge in [-0.1, -0.05) is 18.2 Å². The lowest BCUT2D eigenvalue weighted by Gasteiger charge is -2.28. The number of pyridine rings is 1. The van der Waals surface area contributed by atoms with Gasteiger partial charge in [-0.05, 0) is 61.4 Å². The van der Waals surface area contributed by atoms with Gasteiger partial charge in [-0.2, -0.15) is 0 Å². The van der Waals surface area contributed by atoms with E-state index in [4.69, 9.17) is 0 Å². The SMILES string of the molecule is OCC(CNCc1ccc(N2CCCCC2)cc1)Cc1ccccn1. The van der Waals surface area contributed by atoms with Crippen molar-refractivity contribution in [3.05, 3.63) is 59.9 Å². The quantitative estimate of drug-likeness (QED) is 0.776. The molecule has 1 saturated heterocycles. The standard InChI is InChI=1S/C21H29N3O/c25-17-19(14-20-6-2-3-11-23-20)16-22-15-18-7-9-21(10-8-18)24-12-4-1-5-13-24/h2-3,6-11,19,22,25H,1,4-5,12-17H2. The Balaban J connectivity index is 1.44. The van der Waals surface area contributed by atoms with Gasteiger partial charge in [0.05, 0.1) is 0 Å². The van der Waals surface area contributed by atoms with Gasteiger partial charge in [0.15, 0.2) is 0 Å². The molecule has 1 atom stereocenters. The van der Waals surface area contributed by atoms with Gasteiger partial charge in [0, 0.05) is 50.4 Å². The van der Waals surface area contributed by atoms with Crippen LogP contribution in [0.3, 0.4) is 0 Å². The Hall–Kier alpha value is -1.91. The minimum absolute atomic E-state index is 0.178. The van der Waals surface area contributed by atoms with Crippen LogP contribution in [0.4, 0.5) is 5.69 Å². The predicted octanol–water partition coefficient (Wildman–Crippen LogP) is 3.01. The lowest BCUT2D eigenvalue weighted by atomic mass is 10.0. The number of rotatable bonds is 8. The van der Waals surface area contributed by atoms with Crippen LogP contribution in [0.5, 0.6) is 0 Å². The van der Waals surface area contributed by atoms with Crippen LogP contribution < -0.4 is 10.2 Å². The zero-order valence-corrected chi connectivity index (χ0v) is 14.9. The smallest absolute Gasteiger partial charge is 0.0475 e. The average molecular weight is 339 g/mol. The molecule has 1 aliphatic heterocycles. The van der Waals surface area contributed by atoms with Crippen LogP contribution in [-0.2, 0) is 13.0 Å². The van der Waals surface area contributed by atoms with Crippen LogP contribution >= 0.6 is 0 Å².